The third-order valence-electron chi connectivity index (χ3n) is 6.65. The van der Waals surface area contributed by atoms with Crippen molar-refractivity contribution in [2.45, 2.75) is 37.7 Å². The van der Waals surface area contributed by atoms with Gasteiger partial charge in [-0.05, 0) is 48.7 Å². The standard InChI is InChI=1S/C25H20F6N4O2/c26-24(27,28)16-12-15-10-14(4-5-19(15)32-13-16)11-21(36)34-8-6-17(7-9-34)35-22-18(25(29,30)31)2-1-3-20(22)33-23(35)37/h1-5,10,12-13,17H,6-9,11H2,(H,33,37). The molecule has 0 unspecified atom stereocenters. The Balaban J connectivity index is 1.31. The van der Waals surface area contributed by atoms with E-state index in [2.05, 4.69) is 9.97 Å². The monoisotopic (exact) mass is 522 g/mol. The summed E-state index contributed by atoms with van der Waals surface area (Å²) in [5.74, 6) is -0.264. The van der Waals surface area contributed by atoms with Crippen LogP contribution >= 0.6 is 0 Å². The van der Waals surface area contributed by atoms with Gasteiger partial charge in [0.05, 0.1) is 34.1 Å². The maximum absolute atomic E-state index is 13.6. The summed E-state index contributed by atoms with van der Waals surface area (Å²) >= 11 is 0. The topological polar surface area (TPSA) is 71.0 Å². The number of likely N-dealkylation sites (tertiary alicyclic amines) is 1. The lowest BCUT2D eigenvalue weighted by molar-refractivity contribution is -0.138. The number of para-hydroxylation sites is 1. The van der Waals surface area contributed by atoms with Crippen molar-refractivity contribution in [3.8, 4) is 0 Å². The molecule has 2 aromatic carbocycles. The number of benzene rings is 2. The van der Waals surface area contributed by atoms with Gasteiger partial charge in [-0.2, -0.15) is 26.3 Å². The van der Waals surface area contributed by atoms with Gasteiger partial charge in [0.25, 0.3) is 0 Å². The van der Waals surface area contributed by atoms with Crippen LogP contribution in [0.1, 0.15) is 35.6 Å². The molecule has 4 aromatic rings. The van der Waals surface area contributed by atoms with Crippen molar-refractivity contribution in [2.24, 2.45) is 0 Å². The molecule has 0 bridgehead atoms. The van der Waals surface area contributed by atoms with Gasteiger partial charge in [-0.1, -0.05) is 12.1 Å². The molecule has 0 radical (unpaired) electrons. The summed E-state index contributed by atoms with van der Waals surface area (Å²) in [6, 6.07) is 8.70. The normalized spacial score (nSPS) is 15.6. The Morgan fingerprint density at radius 3 is 2.41 bits per heavy atom. The SMILES string of the molecule is O=C(Cc1ccc2ncc(C(F)(F)F)cc2c1)N1CCC(n2c(=O)[nH]c3cccc(C(F)(F)F)c32)CC1. The molecule has 194 valence electrons. The molecule has 0 spiro atoms. The molecule has 12 heteroatoms. The van der Waals surface area contributed by atoms with E-state index >= 15 is 0 Å². The Bertz CT molecular complexity index is 1550. The number of hydrogen-bond acceptors (Lipinski definition) is 3. The van der Waals surface area contributed by atoms with Crippen LogP contribution in [-0.2, 0) is 23.6 Å². The Morgan fingerprint density at radius 1 is 1.00 bits per heavy atom. The molecule has 3 heterocycles. The van der Waals surface area contributed by atoms with E-state index in [1.165, 1.54) is 18.2 Å². The van der Waals surface area contributed by atoms with E-state index in [0.29, 0.717) is 11.1 Å². The maximum Gasteiger partial charge on any atom is 0.418 e. The number of nitrogens with one attached hydrogen (secondary N) is 1. The zero-order chi connectivity index (χ0) is 26.5. The van der Waals surface area contributed by atoms with Crippen LogP contribution in [-0.4, -0.2) is 38.4 Å². The van der Waals surface area contributed by atoms with Gasteiger partial charge in [-0.15, -0.1) is 0 Å². The van der Waals surface area contributed by atoms with Crippen LogP contribution in [0.2, 0.25) is 0 Å². The quantitative estimate of drug-likeness (QED) is 0.370. The first-order valence-electron chi connectivity index (χ1n) is 11.5. The average Bonchev–Trinajstić information content (AvgIpc) is 3.18. The second-order valence-corrected chi connectivity index (χ2v) is 9.04. The second-order valence-electron chi connectivity index (χ2n) is 9.04. The zero-order valence-electron chi connectivity index (χ0n) is 19.2. The van der Waals surface area contributed by atoms with Gasteiger partial charge in [0, 0.05) is 30.7 Å². The summed E-state index contributed by atoms with van der Waals surface area (Å²) in [6.45, 7) is 0.453. The van der Waals surface area contributed by atoms with E-state index < -0.39 is 35.2 Å². The van der Waals surface area contributed by atoms with Gasteiger partial charge in [0.15, 0.2) is 0 Å². The van der Waals surface area contributed by atoms with Crippen LogP contribution in [0.5, 0.6) is 0 Å². The summed E-state index contributed by atoms with van der Waals surface area (Å²) in [5.41, 5.74) is -1.64. The number of carbonyl (C=O) groups excluding carboxylic acids is 1. The first kappa shape index (κ1) is 24.8. The summed E-state index contributed by atoms with van der Waals surface area (Å²) in [7, 11) is 0. The fraction of sp³-hybridized carbons (Fsp3) is 0.320. The Morgan fingerprint density at radius 2 is 1.73 bits per heavy atom. The Labute approximate surface area is 205 Å². The van der Waals surface area contributed by atoms with Crippen molar-refractivity contribution in [3.05, 3.63) is 75.8 Å². The summed E-state index contributed by atoms with van der Waals surface area (Å²) in [4.78, 5) is 33.3. The van der Waals surface area contributed by atoms with Gasteiger partial charge in [-0.25, -0.2) is 4.79 Å². The molecule has 1 aliphatic heterocycles. The number of nitrogens with zero attached hydrogens (tertiary/aromatic N) is 3. The summed E-state index contributed by atoms with van der Waals surface area (Å²) in [5, 5.41) is 0.262. The number of pyridine rings is 1. The van der Waals surface area contributed by atoms with Crippen LogP contribution in [0.3, 0.4) is 0 Å². The zero-order valence-corrected chi connectivity index (χ0v) is 19.2. The molecule has 0 saturated carbocycles. The summed E-state index contributed by atoms with van der Waals surface area (Å²) < 4.78 is 80.9. The Hall–Kier alpha value is -3.83. The predicted octanol–water partition coefficient (Wildman–Crippen LogP) is 5.32. The number of rotatable bonds is 3. The Kier molecular flexibility index (Phi) is 5.99. The molecule has 1 aliphatic rings. The first-order chi connectivity index (χ1) is 17.4. The molecule has 5 rings (SSSR count). The fourth-order valence-corrected chi connectivity index (χ4v) is 4.86. The van der Waals surface area contributed by atoms with Crippen molar-refractivity contribution in [3.63, 3.8) is 0 Å². The van der Waals surface area contributed by atoms with Crippen LogP contribution in [0.15, 0.2) is 53.5 Å². The maximum atomic E-state index is 13.6. The smallest absolute Gasteiger partial charge is 0.342 e. The minimum Gasteiger partial charge on any atom is -0.342 e. The lowest BCUT2D eigenvalue weighted by atomic mass is 10.0. The molecule has 0 aliphatic carbocycles. The average molecular weight is 522 g/mol. The van der Waals surface area contributed by atoms with Crippen LogP contribution in [0.4, 0.5) is 26.3 Å². The number of hydrogen-bond donors (Lipinski definition) is 1. The van der Waals surface area contributed by atoms with Gasteiger partial charge >= 0.3 is 18.0 Å². The molecule has 1 fully saturated rings. The van der Waals surface area contributed by atoms with Crippen molar-refractivity contribution in [2.75, 3.05) is 13.1 Å². The molecule has 2 aromatic heterocycles. The minimum absolute atomic E-state index is 0.0535. The number of fused-ring (bicyclic) bond motifs is 2. The van der Waals surface area contributed by atoms with Crippen molar-refractivity contribution < 1.29 is 31.1 Å². The number of aromatic nitrogens is 3. The highest BCUT2D eigenvalue weighted by molar-refractivity contribution is 5.84. The number of alkyl halides is 6. The highest BCUT2D eigenvalue weighted by Gasteiger charge is 2.36. The lowest BCUT2D eigenvalue weighted by Crippen LogP contribution is -2.41. The van der Waals surface area contributed by atoms with Gasteiger partial charge in [0.1, 0.15) is 0 Å². The van der Waals surface area contributed by atoms with Gasteiger partial charge in [-0.3, -0.25) is 14.3 Å². The van der Waals surface area contributed by atoms with E-state index in [9.17, 15) is 35.9 Å². The molecule has 0 atom stereocenters. The van der Waals surface area contributed by atoms with Gasteiger partial charge < -0.3 is 9.88 Å². The van der Waals surface area contributed by atoms with Crippen molar-refractivity contribution in [1.29, 1.82) is 0 Å². The lowest BCUT2D eigenvalue weighted by Gasteiger charge is -2.33. The van der Waals surface area contributed by atoms with E-state index in [-0.39, 0.29) is 54.7 Å². The van der Waals surface area contributed by atoms with Gasteiger partial charge in [0.2, 0.25) is 5.91 Å². The van der Waals surface area contributed by atoms with E-state index in [1.807, 2.05) is 0 Å². The largest absolute Gasteiger partial charge is 0.418 e. The number of piperidine rings is 1. The third-order valence-corrected chi connectivity index (χ3v) is 6.65. The van der Waals surface area contributed by atoms with Crippen LogP contribution < -0.4 is 5.69 Å². The van der Waals surface area contributed by atoms with E-state index in [0.717, 1.165) is 22.9 Å². The predicted molar refractivity (Wildman–Crippen MR) is 123 cm³/mol. The minimum atomic E-state index is -4.64. The number of carbonyl (C=O) groups is 1. The molecule has 1 amide bonds. The highest BCUT2D eigenvalue weighted by atomic mass is 19.4. The molecule has 1 saturated heterocycles. The summed E-state index contributed by atoms with van der Waals surface area (Å²) in [6.07, 6.45) is -7.91. The van der Waals surface area contributed by atoms with E-state index in [4.69, 9.17) is 0 Å². The first-order valence-corrected chi connectivity index (χ1v) is 11.5. The highest BCUT2D eigenvalue weighted by Crippen LogP contribution is 2.36. The molecule has 1 N–H and O–H groups in total. The third kappa shape index (κ3) is 4.79. The molecule has 6 nitrogen and oxygen atoms in total. The number of imidazole rings is 1. The molecule has 37 heavy (non-hydrogen) atoms. The molecular formula is C25H20F6N4O2. The molecular weight excluding hydrogens is 502 g/mol. The number of halogens is 6. The number of aromatic amines is 1. The van der Waals surface area contributed by atoms with E-state index in [1.54, 1.807) is 17.0 Å². The van der Waals surface area contributed by atoms with Crippen molar-refractivity contribution >= 4 is 27.8 Å². The number of amides is 1. The van der Waals surface area contributed by atoms with Crippen LogP contribution in [0.25, 0.3) is 21.9 Å². The fourth-order valence-electron chi connectivity index (χ4n) is 4.86. The van der Waals surface area contributed by atoms with Crippen molar-refractivity contribution in [1.82, 2.24) is 19.4 Å². The second kappa shape index (κ2) is 8.93. The number of H-pyrrole nitrogens is 1. The van der Waals surface area contributed by atoms with Crippen LogP contribution in [0, 0.1) is 0 Å².